The van der Waals surface area contributed by atoms with Crippen LogP contribution in [0.15, 0.2) is 48.9 Å². The normalized spacial score (nSPS) is 14.8. The number of hydrogen-bond donors (Lipinski definition) is 0. The highest BCUT2D eigenvalue weighted by atomic mass is 16.1. The quantitative estimate of drug-likeness (QED) is 0.446. The van der Waals surface area contributed by atoms with E-state index in [9.17, 15) is 4.79 Å². The third kappa shape index (κ3) is 4.19. The highest BCUT2D eigenvalue weighted by molar-refractivity contribution is 5.98. The van der Waals surface area contributed by atoms with Gasteiger partial charge in [0.1, 0.15) is 17.3 Å². The summed E-state index contributed by atoms with van der Waals surface area (Å²) in [6.45, 7) is 3.79. The van der Waals surface area contributed by atoms with Crippen LogP contribution in [0.3, 0.4) is 0 Å². The first-order valence-corrected chi connectivity index (χ1v) is 10.6. The number of carbonyl (C=O) groups is 1. The third-order valence-electron chi connectivity index (χ3n) is 5.74. The maximum Gasteiger partial charge on any atom is 0.170 e. The van der Waals surface area contributed by atoms with Crippen molar-refractivity contribution in [1.82, 2.24) is 34.8 Å². The zero-order chi connectivity index (χ0) is 22.1. The molecule has 0 amide bonds. The molecule has 0 N–H and O–H groups in total. The number of anilines is 1. The third-order valence-corrected chi connectivity index (χ3v) is 5.74. The number of pyridine rings is 1. The molecule has 4 heterocycles. The number of benzene rings is 1. The lowest BCUT2D eigenvalue weighted by molar-refractivity contribution is 0.0991. The average Bonchev–Trinajstić information content (AvgIpc) is 3.25. The highest BCUT2D eigenvalue weighted by Crippen LogP contribution is 2.22. The number of hydrogen-bond acceptors (Lipinski definition) is 8. The monoisotopic (exact) mass is 428 g/mol. The molecular weight excluding hydrogens is 404 g/mol. The summed E-state index contributed by atoms with van der Waals surface area (Å²) in [5, 5.41) is 9.06. The molecule has 1 saturated heterocycles. The zero-order valence-corrected chi connectivity index (χ0v) is 18.1. The smallest absolute Gasteiger partial charge is 0.170 e. The van der Waals surface area contributed by atoms with Gasteiger partial charge >= 0.3 is 0 Å². The predicted molar refractivity (Wildman–Crippen MR) is 122 cm³/mol. The van der Waals surface area contributed by atoms with Gasteiger partial charge in [0, 0.05) is 62.1 Å². The molecule has 0 radical (unpaired) electrons. The Balaban J connectivity index is 1.36. The largest absolute Gasteiger partial charge is 0.354 e. The molecule has 9 nitrogen and oxygen atoms in total. The lowest BCUT2D eigenvalue weighted by Gasteiger charge is -2.33. The number of aryl methyl sites for hydroxylation is 1. The average molecular weight is 429 g/mol. The van der Waals surface area contributed by atoms with Gasteiger partial charge in [0.2, 0.25) is 0 Å². The number of ketones is 1. The summed E-state index contributed by atoms with van der Waals surface area (Å²) in [4.78, 5) is 31.0. The van der Waals surface area contributed by atoms with Gasteiger partial charge in [-0.3, -0.25) is 9.48 Å². The van der Waals surface area contributed by atoms with Gasteiger partial charge in [-0.25, -0.2) is 15.0 Å². The second kappa shape index (κ2) is 8.43. The van der Waals surface area contributed by atoms with Crippen molar-refractivity contribution < 1.29 is 4.79 Å². The lowest BCUT2D eigenvalue weighted by Crippen LogP contribution is -2.44. The second-order valence-corrected chi connectivity index (χ2v) is 8.13. The summed E-state index contributed by atoms with van der Waals surface area (Å²) in [7, 11) is 3.95. The van der Waals surface area contributed by atoms with Crippen LogP contribution in [0.4, 0.5) is 5.82 Å². The SMILES string of the molecule is CN1CCN(c2cc(C(=O)Cc3ncc4ccc(-c5cn(C)nn5)cc4n3)ccn2)CC1. The molecule has 162 valence electrons. The van der Waals surface area contributed by atoms with Crippen LogP contribution in [-0.4, -0.2) is 73.9 Å². The molecule has 1 aliphatic rings. The zero-order valence-electron chi connectivity index (χ0n) is 18.1. The van der Waals surface area contributed by atoms with Crippen molar-refractivity contribution in [3.05, 3.63) is 60.3 Å². The van der Waals surface area contributed by atoms with Crippen LogP contribution in [0, 0.1) is 0 Å². The van der Waals surface area contributed by atoms with E-state index < -0.39 is 0 Å². The maximum atomic E-state index is 13.0. The molecule has 5 rings (SSSR count). The molecule has 32 heavy (non-hydrogen) atoms. The van der Waals surface area contributed by atoms with E-state index in [1.54, 1.807) is 23.1 Å². The van der Waals surface area contributed by atoms with Crippen LogP contribution in [-0.2, 0) is 13.5 Å². The first kappa shape index (κ1) is 20.2. The minimum Gasteiger partial charge on any atom is -0.354 e. The summed E-state index contributed by atoms with van der Waals surface area (Å²) in [5.41, 5.74) is 3.11. The molecule has 1 aromatic carbocycles. The molecule has 1 fully saturated rings. The van der Waals surface area contributed by atoms with Crippen LogP contribution in [0.2, 0.25) is 0 Å². The van der Waals surface area contributed by atoms with Gasteiger partial charge in [-0.1, -0.05) is 17.3 Å². The number of piperazine rings is 1. The van der Waals surface area contributed by atoms with Crippen molar-refractivity contribution in [2.24, 2.45) is 7.05 Å². The van der Waals surface area contributed by atoms with E-state index in [-0.39, 0.29) is 12.2 Å². The fourth-order valence-corrected chi connectivity index (χ4v) is 3.83. The van der Waals surface area contributed by atoms with Gasteiger partial charge in [-0.2, -0.15) is 0 Å². The Morgan fingerprint density at radius 3 is 2.66 bits per heavy atom. The summed E-state index contributed by atoms with van der Waals surface area (Å²) >= 11 is 0. The molecule has 4 aromatic rings. The molecule has 0 bridgehead atoms. The van der Waals surface area contributed by atoms with E-state index in [1.807, 2.05) is 37.5 Å². The van der Waals surface area contributed by atoms with Gasteiger partial charge < -0.3 is 9.80 Å². The first-order chi connectivity index (χ1) is 15.5. The topological polar surface area (TPSA) is 92.9 Å². The highest BCUT2D eigenvalue weighted by Gasteiger charge is 2.17. The number of rotatable bonds is 5. The Morgan fingerprint density at radius 1 is 1.03 bits per heavy atom. The van der Waals surface area contributed by atoms with Crippen LogP contribution in [0.1, 0.15) is 16.2 Å². The second-order valence-electron chi connectivity index (χ2n) is 8.13. The van der Waals surface area contributed by atoms with Gasteiger partial charge in [0.25, 0.3) is 0 Å². The Hall–Kier alpha value is -3.72. The number of likely N-dealkylation sites (N-methyl/N-ethyl adjacent to an activating group) is 1. The van der Waals surface area contributed by atoms with E-state index in [2.05, 4.69) is 42.1 Å². The number of fused-ring (bicyclic) bond motifs is 1. The minimum atomic E-state index is -0.0211. The first-order valence-electron chi connectivity index (χ1n) is 10.6. The number of Topliss-reactive ketones (excluding diaryl/α,β-unsaturated/α-hetero) is 1. The summed E-state index contributed by atoms with van der Waals surface area (Å²) in [6, 6.07) is 9.51. The van der Waals surface area contributed by atoms with Crippen molar-refractivity contribution in [1.29, 1.82) is 0 Å². The number of aromatic nitrogens is 6. The van der Waals surface area contributed by atoms with Crippen molar-refractivity contribution in [2.75, 3.05) is 38.1 Å². The molecule has 0 atom stereocenters. The van der Waals surface area contributed by atoms with Crippen LogP contribution in [0.25, 0.3) is 22.2 Å². The molecule has 3 aromatic heterocycles. The van der Waals surface area contributed by atoms with E-state index in [1.165, 1.54) is 0 Å². The van der Waals surface area contributed by atoms with Gasteiger partial charge in [0.05, 0.1) is 18.1 Å². The summed E-state index contributed by atoms with van der Waals surface area (Å²) in [5.74, 6) is 1.32. The maximum absolute atomic E-state index is 13.0. The van der Waals surface area contributed by atoms with E-state index >= 15 is 0 Å². The molecule has 0 aliphatic carbocycles. The van der Waals surface area contributed by atoms with Gasteiger partial charge in [-0.05, 0) is 25.2 Å². The molecule has 0 saturated carbocycles. The van der Waals surface area contributed by atoms with Gasteiger partial charge in [-0.15, -0.1) is 5.10 Å². The molecule has 0 spiro atoms. The summed E-state index contributed by atoms with van der Waals surface area (Å²) in [6.07, 6.45) is 5.45. The van der Waals surface area contributed by atoms with Crippen molar-refractivity contribution in [3.8, 4) is 11.3 Å². The van der Waals surface area contributed by atoms with Crippen molar-refractivity contribution >= 4 is 22.5 Å². The Morgan fingerprint density at radius 2 is 1.88 bits per heavy atom. The minimum absolute atomic E-state index is 0.0211. The van der Waals surface area contributed by atoms with Crippen LogP contribution >= 0.6 is 0 Å². The number of nitrogens with zero attached hydrogens (tertiary/aromatic N) is 8. The van der Waals surface area contributed by atoms with E-state index in [4.69, 9.17) is 0 Å². The molecule has 0 unspecified atom stereocenters. The standard InChI is InChI=1S/C23H24N8O/c1-29-7-9-31(10-8-29)23-12-17(5-6-24-23)21(32)13-22-25-14-18-4-3-16(11-19(18)26-22)20-15-30(2)28-27-20/h3-6,11-12,14-15H,7-10,13H2,1-2H3. The Kier molecular flexibility index (Phi) is 5.32. The summed E-state index contributed by atoms with van der Waals surface area (Å²) < 4.78 is 1.66. The van der Waals surface area contributed by atoms with Crippen LogP contribution in [0.5, 0.6) is 0 Å². The Bertz CT molecular complexity index is 1280. The molecule has 9 heteroatoms. The Labute approximate surface area is 185 Å². The fourth-order valence-electron chi connectivity index (χ4n) is 3.83. The van der Waals surface area contributed by atoms with E-state index in [0.717, 1.165) is 54.2 Å². The predicted octanol–water partition coefficient (Wildman–Crippen LogP) is 2.00. The van der Waals surface area contributed by atoms with Crippen molar-refractivity contribution in [2.45, 2.75) is 6.42 Å². The van der Waals surface area contributed by atoms with Crippen molar-refractivity contribution in [3.63, 3.8) is 0 Å². The lowest BCUT2D eigenvalue weighted by atomic mass is 10.1. The molecular formula is C23H24N8O. The van der Waals surface area contributed by atoms with Gasteiger partial charge in [0.15, 0.2) is 5.78 Å². The van der Waals surface area contributed by atoms with Crippen LogP contribution < -0.4 is 4.90 Å². The van der Waals surface area contributed by atoms with E-state index in [0.29, 0.717) is 11.4 Å². The fraction of sp³-hybridized carbons (Fsp3) is 0.304. The molecule has 1 aliphatic heterocycles. The number of carbonyl (C=O) groups excluding carboxylic acids is 1.